The van der Waals surface area contributed by atoms with E-state index < -0.39 is 0 Å². The Morgan fingerprint density at radius 2 is 2.13 bits per heavy atom. The number of amides is 2. The fraction of sp³-hybridized carbons (Fsp3) is 0.529. The summed E-state index contributed by atoms with van der Waals surface area (Å²) in [6.07, 6.45) is 5.95. The molecule has 0 radical (unpaired) electrons. The lowest BCUT2D eigenvalue weighted by atomic mass is 9.65. The molecule has 2 aliphatic carbocycles. The van der Waals surface area contributed by atoms with Gasteiger partial charge in [-0.3, -0.25) is 19.4 Å². The number of hydrogen-bond acceptors (Lipinski definition) is 4. The van der Waals surface area contributed by atoms with Crippen molar-refractivity contribution in [3.8, 4) is 0 Å². The largest absolute Gasteiger partial charge is 0.356 e. The van der Waals surface area contributed by atoms with Crippen LogP contribution in [0.2, 0.25) is 0 Å². The van der Waals surface area contributed by atoms with Gasteiger partial charge in [-0.15, -0.1) is 0 Å². The molecule has 6 nitrogen and oxygen atoms in total. The van der Waals surface area contributed by atoms with Crippen molar-refractivity contribution in [1.82, 2.24) is 15.6 Å². The molecule has 2 N–H and O–H groups in total. The molecule has 1 saturated heterocycles. The van der Waals surface area contributed by atoms with Crippen LogP contribution in [0.1, 0.15) is 58.5 Å². The van der Waals surface area contributed by atoms with Crippen LogP contribution in [-0.4, -0.2) is 35.2 Å². The first-order chi connectivity index (χ1) is 11.0. The predicted octanol–water partition coefficient (Wildman–Crippen LogP) is 0.999. The highest BCUT2D eigenvalue weighted by atomic mass is 16.2. The Hall–Kier alpha value is -2.24. The lowest BCUT2D eigenvalue weighted by molar-refractivity contribution is -0.120. The molecular formula is C17H19N3O3. The Morgan fingerprint density at radius 1 is 1.30 bits per heavy atom. The van der Waals surface area contributed by atoms with Gasteiger partial charge in [-0.1, -0.05) is 0 Å². The first-order valence-corrected chi connectivity index (χ1v) is 8.14. The Bertz CT molecular complexity index is 707. The SMILES string of the molecule is O=C1CC2(CN1)CC(NC(=O)c1cnc3c(c1)C(=O)CCC3)C2. The Labute approximate surface area is 134 Å². The van der Waals surface area contributed by atoms with Crippen molar-refractivity contribution in [3.05, 3.63) is 29.1 Å². The van der Waals surface area contributed by atoms with Crippen LogP contribution >= 0.6 is 0 Å². The minimum absolute atomic E-state index is 0.0408. The zero-order chi connectivity index (χ0) is 16.0. The van der Waals surface area contributed by atoms with Crippen molar-refractivity contribution in [2.45, 2.75) is 44.6 Å². The highest BCUT2D eigenvalue weighted by Crippen LogP contribution is 2.46. The zero-order valence-corrected chi connectivity index (χ0v) is 12.9. The van der Waals surface area contributed by atoms with Crippen LogP contribution in [0.25, 0.3) is 0 Å². The molecule has 6 heteroatoms. The van der Waals surface area contributed by atoms with Gasteiger partial charge in [0.25, 0.3) is 5.91 Å². The van der Waals surface area contributed by atoms with Gasteiger partial charge >= 0.3 is 0 Å². The second-order valence-corrected chi connectivity index (χ2v) is 7.03. The second-order valence-electron chi connectivity index (χ2n) is 7.03. The number of aryl methyl sites for hydroxylation is 1. The maximum absolute atomic E-state index is 12.4. The number of aromatic nitrogens is 1. The Balaban J connectivity index is 1.41. The monoisotopic (exact) mass is 313 g/mol. The number of hydrogen-bond donors (Lipinski definition) is 2. The third-order valence-corrected chi connectivity index (χ3v) is 5.24. The number of pyridine rings is 1. The smallest absolute Gasteiger partial charge is 0.253 e. The summed E-state index contributed by atoms with van der Waals surface area (Å²) in [6, 6.07) is 1.77. The van der Waals surface area contributed by atoms with E-state index in [0.29, 0.717) is 30.5 Å². The van der Waals surface area contributed by atoms with Crippen LogP contribution in [0.15, 0.2) is 12.3 Å². The van der Waals surface area contributed by atoms with Gasteiger partial charge in [0, 0.05) is 42.6 Å². The van der Waals surface area contributed by atoms with E-state index in [0.717, 1.165) is 31.4 Å². The van der Waals surface area contributed by atoms with E-state index in [1.165, 1.54) is 0 Å². The van der Waals surface area contributed by atoms with E-state index in [4.69, 9.17) is 0 Å². The third-order valence-electron chi connectivity index (χ3n) is 5.24. The summed E-state index contributed by atoms with van der Waals surface area (Å²) in [5.41, 5.74) is 1.88. The molecule has 120 valence electrons. The maximum Gasteiger partial charge on any atom is 0.253 e. The average molecular weight is 313 g/mol. The molecule has 23 heavy (non-hydrogen) atoms. The molecule has 1 saturated carbocycles. The van der Waals surface area contributed by atoms with E-state index in [1.807, 2.05) is 0 Å². The first kappa shape index (κ1) is 14.4. The zero-order valence-electron chi connectivity index (χ0n) is 12.9. The minimum atomic E-state index is -0.184. The van der Waals surface area contributed by atoms with Gasteiger partial charge < -0.3 is 10.6 Å². The lowest BCUT2D eigenvalue weighted by Gasteiger charge is -2.44. The van der Waals surface area contributed by atoms with Gasteiger partial charge in [0.05, 0.1) is 11.3 Å². The number of nitrogens with one attached hydrogen (secondary N) is 2. The molecule has 0 aromatic carbocycles. The van der Waals surface area contributed by atoms with Crippen molar-refractivity contribution in [2.75, 3.05) is 6.54 Å². The van der Waals surface area contributed by atoms with E-state index >= 15 is 0 Å². The summed E-state index contributed by atoms with van der Waals surface area (Å²) in [4.78, 5) is 39.9. The second kappa shape index (κ2) is 5.15. The van der Waals surface area contributed by atoms with Crippen molar-refractivity contribution in [2.24, 2.45) is 5.41 Å². The number of nitrogens with zero attached hydrogens (tertiary/aromatic N) is 1. The molecule has 0 bridgehead atoms. The molecule has 2 amide bonds. The van der Waals surface area contributed by atoms with E-state index in [-0.39, 0.29) is 29.1 Å². The minimum Gasteiger partial charge on any atom is -0.356 e. The van der Waals surface area contributed by atoms with Gasteiger partial charge in [0.1, 0.15) is 0 Å². The van der Waals surface area contributed by atoms with Crippen LogP contribution in [0, 0.1) is 5.41 Å². The molecule has 4 rings (SSSR count). The van der Waals surface area contributed by atoms with Gasteiger partial charge in [-0.25, -0.2) is 0 Å². The fourth-order valence-electron chi connectivity index (χ4n) is 4.01. The van der Waals surface area contributed by atoms with Crippen LogP contribution in [0.5, 0.6) is 0 Å². The average Bonchev–Trinajstić information content (AvgIpc) is 2.89. The van der Waals surface area contributed by atoms with Crippen molar-refractivity contribution < 1.29 is 14.4 Å². The van der Waals surface area contributed by atoms with Crippen LogP contribution in [-0.2, 0) is 11.2 Å². The number of ketones is 1. The molecule has 0 atom stereocenters. The molecule has 0 unspecified atom stereocenters. The number of fused-ring (bicyclic) bond motifs is 1. The first-order valence-electron chi connectivity index (χ1n) is 8.14. The van der Waals surface area contributed by atoms with Gasteiger partial charge in [0.15, 0.2) is 5.78 Å². The topological polar surface area (TPSA) is 88.2 Å². The number of carbonyl (C=O) groups is 3. The molecule has 2 heterocycles. The normalized spacial score (nSPS) is 29.0. The van der Waals surface area contributed by atoms with E-state index in [9.17, 15) is 14.4 Å². The summed E-state index contributed by atoms with van der Waals surface area (Å²) in [7, 11) is 0. The van der Waals surface area contributed by atoms with Gasteiger partial charge in [-0.2, -0.15) is 0 Å². The maximum atomic E-state index is 12.4. The van der Waals surface area contributed by atoms with Gasteiger partial charge in [-0.05, 0) is 31.7 Å². The van der Waals surface area contributed by atoms with Crippen molar-refractivity contribution >= 4 is 17.6 Å². The van der Waals surface area contributed by atoms with E-state index in [2.05, 4.69) is 15.6 Å². The van der Waals surface area contributed by atoms with E-state index in [1.54, 1.807) is 12.3 Å². The fourth-order valence-corrected chi connectivity index (χ4v) is 4.01. The molecule has 1 aromatic heterocycles. The van der Waals surface area contributed by atoms with Crippen molar-refractivity contribution in [3.63, 3.8) is 0 Å². The molecule has 1 spiro atoms. The molecule has 2 fully saturated rings. The lowest BCUT2D eigenvalue weighted by Crippen LogP contribution is -2.51. The summed E-state index contributed by atoms with van der Waals surface area (Å²) in [5.74, 6) is -0.00507. The number of Topliss-reactive ketones (excluding diaryl/α,β-unsaturated/α-hetero) is 1. The molecule has 1 aliphatic heterocycles. The van der Waals surface area contributed by atoms with Crippen LogP contribution < -0.4 is 10.6 Å². The highest BCUT2D eigenvalue weighted by Gasteiger charge is 2.49. The highest BCUT2D eigenvalue weighted by molar-refractivity contribution is 6.01. The summed E-state index contributed by atoms with van der Waals surface area (Å²) >= 11 is 0. The quantitative estimate of drug-likeness (QED) is 0.852. The summed E-state index contributed by atoms with van der Waals surface area (Å²) in [6.45, 7) is 0.715. The molecular weight excluding hydrogens is 294 g/mol. The standard InChI is InChI=1S/C17H19N3O3/c21-14-3-1-2-13-12(14)4-10(8-18-13)16(23)20-11-5-17(6-11)7-15(22)19-9-17/h4,8,11H,1-3,5-7,9H2,(H,19,22)(H,20,23). The van der Waals surface area contributed by atoms with Crippen LogP contribution in [0.4, 0.5) is 0 Å². The molecule has 3 aliphatic rings. The number of rotatable bonds is 2. The van der Waals surface area contributed by atoms with Crippen LogP contribution in [0.3, 0.4) is 0 Å². The third kappa shape index (κ3) is 2.52. The van der Waals surface area contributed by atoms with Crippen molar-refractivity contribution in [1.29, 1.82) is 0 Å². The Morgan fingerprint density at radius 3 is 2.87 bits per heavy atom. The molecule has 1 aromatic rings. The summed E-state index contributed by atoms with van der Waals surface area (Å²) in [5, 5.41) is 5.85. The summed E-state index contributed by atoms with van der Waals surface area (Å²) < 4.78 is 0. The predicted molar refractivity (Wildman–Crippen MR) is 82.1 cm³/mol. The number of carbonyl (C=O) groups excluding carboxylic acids is 3. The van der Waals surface area contributed by atoms with Gasteiger partial charge in [0.2, 0.25) is 5.91 Å². The Kier molecular flexibility index (Phi) is 3.21.